The van der Waals surface area contributed by atoms with E-state index >= 15 is 0 Å². The fourth-order valence-corrected chi connectivity index (χ4v) is 3.15. The van der Waals surface area contributed by atoms with Crippen LogP contribution in [0.3, 0.4) is 0 Å². The fraction of sp³-hybridized carbons (Fsp3) is 0.333. The maximum atomic E-state index is 9.13. The average molecular weight is 279 g/mol. The van der Waals surface area contributed by atoms with Crippen LogP contribution in [0.15, 0.2) is 36.5 Å². The van der Waals surface area contributed by atoms with E-state index in [4.69, 9.17) is 10.4 Å². The molecule has 0 bridgehead atoms. The maximum absolute atomic E-state index is 9.13. The number of aromatic nitrogens is 1. The van der Waals surface area contributed by atoms with Gasteiger partial charge in [-0.2, -0.15) is 9.83 Å². The number of hydrogen-bond acceptors (Lipinski definition) is 2. The van der Waals surface area contributed by atoms with E-state index in [2.05, 4.69) is 54.9 Å². The number of nitrogens with zero attached hydrogens (tertiary/aromatic N) is 2. The number of pyridine rings is 1. The highest BCUT2D eigenvalue weighted by Crippen LogP contribution is 2.38. The zero-order chi connectivity index (χ0) is 15.0. The summed E-state index contributed by atoms with van der Waals surface area (Å²) in [5, 5.41) is 18.0. The summed E-state index contributed by atoms with van der Waals surface area (Å²) in [4.78, 5) is 0. The van der Waals surface area contributed by atoms with Crippen LogP contribution >= 0.6 is 0 Å². The highest BCUT2D eigenvalue weighted by atomic mass is 16.2. The number of rotatable bonds is 3. The Balaban J connectivity index is 2.15. The SMILES string of the molecule is CC1(C)c2cc(CCO)ccc2-[n+]2ccc(CC#N)cc21. The summed E-state index contributed by atoms with van der Waals surface area (Å²) in [5.74, 6) is 0. The first-order valence-electron chi connectivity index (χ1n) is 7.24. The largest absolute Gasteiger partial charge is 0.396 e. The lowest BCUT2D eigenvalue weighted by molar-refractivity contribution is -0.599. The van der Waals surface area contributed by atoms with Crippen molar-refractivity contribution in [2.45, 2.75) is 32.1 Å². The third-order valence-electron chi connectivity index (χ3n) is 4.34. The molecule has 0 fully saturated rings. The lowest BCUT2D eigenvalue weighted by Gasteiger charge is -2.15. The molecule has 0 saturated heterocycles. The Hall–Kier alpha value is -2.18. The van der Waals surface area contributed by atoms with Crippen molar-refractivity contribution in [2.75, 3.05) is 6.61 Å². The van der Waals surface area contributed by atoms with Crippen molar-refractivity contribution in [3.63, 3.8) is 0 Å². The van der Waals surface area contributed by atoms with Gasteiger partial charge in [-0.3, -0.25) is 0 Å². The van der Waals surface area contributed by atoms with Crippen LogP contribution in [0.4, 0.5) is 0 Å². The molecule has 1 N–H and O–H groups in total. The lowest BCUT2D eigenvalue weighted by Crippen LogP contribution is -2.34. The van der Waals surface area contributed by atoms with Crippen molar-refractivity contribution in [2.24, 2.45) is 0 Å². The van der Waals surface area contributed by atoms with Crippen molar-refractivity contribution in [3.05, 3.63) is 58.9 Å². The van der Waals surface area contributed by atoms with Crippen molar-refractivity contribution in [1.29, 1.82) is 5.26 Å². The van der Waals surface area contributed by atoms with Gasteiger partial charge in [0.15, 0.2) is 11.9 Å². The van der Waals surface area contributed by atoms with E-state index in [1.54, 1.807) is 0 Å². The molecule has 2 heterocycles. The van der Waals surface area contributed by atoms with Gasteiger partial charge in [0.1, 0.15) is 0 Å². The van der Waals surface area contributed by atoms with Crippen LogP contribution in [0.5, 0.6) is 0 Å². The lowest BCUT2D eigenvalue weighted by atomic mass is 9.82. The zero-order valence-corrected chi connectivity index (χ0v) is 12.4. The van der Waals surface area contributed by atoms with Gasteiger partial charge in [-0.1, -0.05) is 6.07 Å². The van der Waals surface area contributed by atoms with Crippen LogP contribution in [0.2, 0.25) is 0 Å². The van der Waals surface area contributed by atoms with E-state index in [9.17, 15) is 0 Å². The fourth-order valence-electron chi connectivity index (χ4n) is 3.15. The Labute approximate surface area is 125 Å². The van der Waals surface area contributed by atoms with Crippen LogP contribution in [0, 0.1) is 11.3 Å². The summed E-state index contributed by atoms with van der Waals surface area (Å²) in [6.45, 7) is 4.60. The molecule has 0 amide bonds. The monoisotopic (exact) mass is 279 g/mol. The van der Waals surface area contributed by atoms with Crippen LogP contribution in [0.25, 0.3) is 5.69 Å². The molecule has 1 aliphatic rings. The van der Waals surface area contributed by atoms with Crippen LogP contribution < -0.4 is 4.57 Å². The van der Waals surface area contributed by atoms with Crippen molar-refractivity contribution < 1.29 is 9.67 Å². The molecule has 2 aromatic rings. The Bertz CT molecular complexity index is 741. The van der Waals surface area contributed by atoms with Crippen molar-refractivity contribution in [1.82, 2.24) is 0 Å². The van der Waals surface area contributed by atoms with Crippen molar-refractivity contribution in [3.8, 4) is 11.8 Å². The topological polar surface area (TPSA) is 47.9 Å². The molecule has 0 aliphatic carbocycles. The molecule has 3 rings (SSSR count). The normalized spacial score (nSPS) is 14.4. The van der Waals surface area contributed by atoms with Gasteiger partial charge in [0, 0.05) is 30.4 Å². The summed E-state index contributed by atoms with van der Waals surface area (Å²) in [7, 11) is 0. The van der Waals surface area contributed by atoms with Gasteiger partial charge < -0.3 is 5.11 Å². The Morgan fingerprint density at radius 1 is 1.19 bits per heavy atom. The van der Waals surface area contributed by atoms with E-state index in [1.165, 1.54) is 16.9 Å². The summed E-state index contributed by atoms with van der Waals surface area (Å²) < 4.78 is 2.21. The van der Waals surface area contributed by atoms with E-state index in [-0.39, 0.29) is 12.0 Å². The van der Waals surface area contributed by atoms with Gasteiger partial charge in [-0.25, -0.2) is 0 Å². The highest BCUT2D eigenvalue weighted by Gasteiger charge is 2.43. The molecule has 1 aromatic heterocycles. The second-order valence-electron chi connectivity index (χ2n) is 6.08. The number of benzene rings is 1. The minimum absolute atomic E-state index is 0.0910. The minimum Gasteiger partial charge on any atom is -0.396 e. The first-order valence-corrected chi connectivity index (χ1v) is 7.24. The predicted octanol–water partition coefficient (Wildman–Crippen LogP) is 2.20. The van der Waals surface area contributed by atoms with E-state index < -0.39 is 0 Å². The molecule has 1 aliphatic heterocycles. The minimum atomic E-state index is -0.0910. The molecule has 1 aromatic carbocycles. The molecule has 0 unspecified atom stereocenters. The van der Waals surface area contributed by atoms with Gasteiger partial charge in [0.25, 0.3) is 0 Å². The Morgan fingerprint density at radius 3 is 2.71 bits per heavy atom. The van der Waals surface area contributed by atoms with Crippen LogP contribution in [-0.4, -0.2) is 11.7 Å². The van der Waals surface area contributed by atoms with Crippen LogP contribution in [0.1, 0.15) is 36.2 Å². The molecule has 0 saturated carbocycles. The maximum Gasteiger partial charge on any atom is 0.215 e. The third-order valence-corrected chi connectivity index (χ3v) is 4.34. The Morgan fingerprint density at radius 2 is 2.00 bits per heavy atom. The summed E-state index contributed by atoms with van der Waals surface area (Å²) in [6, 6.07) is 12.8. The van der Waals surface area contributed by atoms with Gasteiger partial charge in [-0.05, 0) is 37.5 Å². The third kappa shape index (κ3) is 2.12. The first kappa shape index (κ1) is 13.8. The molecule has 21 heavy (non-hydrogen) atoms. The number of nitriles is 1. The smallest absolute Gasteiger partial charge is 0.215 e. The van der Waals surface area contributed by atoms with E-state index in [1.807, 2.05) is 6.07 Å². The molecule has 0 radical (unpaired) electrons. The van der Waals surface area contributed by atoms with Gasteiger partial charge in [0.2, 0.25) is 5.69 Å². The summed E-state index contributed by atoms with van der Waals surface area (Å²) >= 11 is 0. The summed E-state index contributed by atoms with van der Waals surface area (Å²) in [5.41, 5.74) is 5.82. The molecule has 106 valence electrons. The second kappa shape index (κ2) is 4.98. The molecule has 3 nitrogen and oxygen atoms in total. The Kier molecular flexibility index (Phi) is 3.27. The van der Waals surface area contributed by atoms with E-state index in [0.29, 0.717) is 12.8 Å². The molecule has 0 atom stereocenters. The number of hydrogen-bond donors (Lipinski definition) is 1. The second-order valence-corrected chi connectivity index (χ2v) is 6.08. The number of aliphatic hydroxyl groups excluding tert-OH is 1. The molecular formula is C18H19N2O+. The van der Waals surface area contributed by atoms with Gasteiger partial charge in [-0.15, -0.1) is 0 Å². The van der Waals surface area contributed by atoms with Crippen molar-refractivity contribution >= 4 is 0 Å². The number of fused-ring (bicyclic) bond motifs is 3. The molecule has 3 heteroatoms. The van der Waals surface area contributed by atoms with Crippen LogP contribution in [-0.2, 0) is 18.3 Å². The molecule has 0 spiro atoms. The number of aliphatic hydroxyl groups is 1. The highest BCUT2D eigenvalue weighted by molar-refractivity contribution is 5.50. The molecular weight excluding hydrogens is 260 g/mol. The quantitative estimate of drug-likeness (QED) is 0.876. The van der Waals surface area contributed by atoms with Gasteiger partial charge >= 0.3 is 0 Å². The summed E-state index contributed by atoms with van der Waals surface area (Å²) in [6.07, 6.45) is 3.18. The average Bonchev–Trinajstić information content (AvgIpc) is 2.68. The first-order chi connectivity index (χ1) is 10.1. The van der Waals surface area contributed by atoms with Gasteiger partial charge in [0.05, 0.1) is 17.9 Å². The van der Waals surface area contributed by atoms with E-state index in [0.717, 1.165) is 11.1 Å². The zero-order valence-electron chi connectivity index (χ0n) is 12.4. The predicted molar refractivity (Wildman–Crippen MR) is 80.2 cm³/mol. The standard InChI is InChI=1S/C18H19N2O/c1-18(2)15-11-13(7-10-21)3-4-16(15)20-9-6-14(5-8-19)12-17(18)20/h3-4,6,9,11-12,21H,5,7,10H2,1-2H3/q+1.